The molecule has 4 rings (SSSR count). The van der Waals surface area contributed by atoms with Crippen LogP contribution in [0, 0.1) is 0 Å². The minimum Gasteiger partial charge on any atom is -0.497 e. The molecule has 3 aromatic carbocycles. The van der Waals surface area contributed by atoms with Crippen LogP contribution in [0.1, 0.15) is 34.8 Å². The van der Waals surface area contributed by atoms with Crippen LogP contribution in [0.25, 0.3) is 0 Å². The molecule has 0 aliphatic carbocycles. The van der Waals surface area contributed by atoms with Gasteiger partial charge in [0.1, 0.15) is 5.75 Å². The van der Waals surface area contributed by atoms with Crippen molar-refractivity contribution in [1.82, 2.24) is 4.90 Å². The van der Waals surface area contributed by atoms with Crippen molar-refractivity contribution in [3.8, 4) is 5.75 Å². The smallest absolute Gasteiger partial charge is 0.261 e. The van der Waals surface area contributed by atoms with E-state index < -0.39 is 10.0 Å². The third kappa shape index (κ3) is 4.56. The highest BCUT2D eigenvalue weighted by molar-refractivity contribution is 7.92. The number of hydrogen-bond donors (Lipinski definition) is 1. The average molecular weight is 437 g/mol. The van der Waals surface area contributed by atoms with Crippen molar-refractivity contribution in [2.75, 3.05) is 18.4 Å². The molecule has 7 heteroatoms. The van der Waals surface area contributed by atoms with Gasteiger partial charge in [-0.3, -0.25) is 9.52 Å². The Morgan fingerprint density at radius 1 is 0.968 bits per heavy atom. The molecule has 1 amide bonds. The number of hydrogen-bond acceptors (Lipinski definition) is 4. The molecule has 0 saturated carbocycles. The van der Waals surface area contributed by atoms with Crippen molar-refractivity contribution in [2.24, 2.45) is 0 Å². The van der Waals surface area contributed by atoms with Crippen LogP contribution >= 0.6 is 0 Å². The first-order valence-electron chi connectivity index (χ1n) is 10.1. The Hall–Kier alpha value is -3.32. The summed E-state index contributed by atoms with van der Waals surface area (Å²) in [6.45, 7) is 0.692. The highest BCUT2D eigenvalue weighted by atomic mass is 32.2. The lowest BCUT2D eigenvalue weighted by molar-refractivity contribution is 0.0735. The Labute approximate surface area is 182 Å². The summed E-state index contributed by atoms with van der Waals surface area (Å²) in [6.07, 6.45) is 1.85. The number of carbonyl (C=O) groups is 1. The lowest BCUT2D eigenvalue weighted by Gasteiger charge is -2.25. The molecular formula is C24H24N2O4S. The number of nitrogens with one attached hydrogen (secondary N) is 1. The maximum absolute atomic E-state index is 13.1. The molecule has 1 fully saturated rings. The predicted octanol–water partition coefficient (Wildman–Crippen LogP) is 4.47. The van der Waals surface area contributed by atoms with Crippen LogP contribution in [0.3, 0.4) is 0 Å². The van der Waals surface area contributed by atoms with Crippen molar-refractivity contribution in [2.45, 2.75) is 23.8 Å². The quantitative estimate of drug-likeness (QED) is 0.618. The van der Waals surface area contributed by atoms with Crippen LogP contribution in [0.15, 0.2) is 83.8 Å². The fourth-order valence-electron chi connectivity index (χ4n) is 3.84. The number of carbonyl (C=O) groups excluding carboxylic acids is 1. The monoisotopic (exact) mass is 436 g/mol. The zero-order valence-electron chi connectivity index (χ0n) is 17.2. The van der Waals surface area contributed by atoms with Gasteiger partial charge in [-0.1, -0.05) is 30.3 Å². The summed E-state index contributed by atoms with van der Waals surface area (Å²) in [5.74, 6) is 0.726. The van der Waals surface area contributed by atoms with Crippen molar-refractivity contribution >= 4 is 21.6 Å². The molecule has 3 aromatic rings. The van der Waals surface area contributed by atoms with E-state index in [1.54, 1.807) is 49.6 Å². The summed E-state index contributed by atoms with van der Waals surface area (Å²) in [7, 11) is -2.04. The molecule has 1 atom stereocenters. The van der Waals surface area contributed by atoms with Crippen LogP contribution in [0.4, 0.5) is 5.69 Å². The highest BCUT2D eigenvalue weighted by Crippen LogP contribution is 2.34. The zero-order valence-corrected chi connectivity index (χ0v) is 18.0. The number of rotatable bonds is 6. The first-order chi connectivity index (χ1) is 15.0. The molecule has 0 radical (unpaired) electrons. The molecule has 0 unspecified atom stereocenters. The van der Waals surface area contributed by atoms with Gasteiger partial charge in [-0.2, -0.15) is 0 Å². The molecule has 1 aliphatic rings. The predicted molar refractivity (Wildman–Crippen MR) is 120 cm³/mol. The van der Waals surface area contributed by atoms with Crippen LogP contribution in [0.5, 0.6) is 5.75 Å². The topological polar surface area (TPSA) is 75.7 Å². The maximum atomic E-state index is 13.1. The summed E-state index contributed by atoms with van der Waals surface area (Å²) in [4.78, 5) is 15.2. The zero-order chi connectivity index (χ0) is 21.8. The molecule has 0 spiro atoms. The summed E-state index contributed by atoms with van der Waals surface area (Å²) in [5, 5.41) is 0. The number of nitrogens with zero attached hydrogens (tertiary/aromatic N) is 1. The highest BCUT2D eigenvalue weighted by Gasteiger charge is 2.30. The Morgan fingerprint density at radius 3 is 2.29 bits per heavy atom. The molecular weight excluding hydrogens is 412 g/mol. The lowest BCUT2D eigenvalue weighted by atomic mass is 10.0. The summed E-state index contributed by atoms with van der Waals surface area (Å²) in [6, 6.07) is 22.6. The third-order valence-electron chi connectivity index (χ3n) is 5.45. The number of sulfonamides is 1. The van der Waals surface area contributed by atoms with Gasteiger partial charge in [-0.25, -0.2) is 8.42 Å². The standard InChI is InChI=1S/C24H24N2O4S/c1-30-21-15-11-18(12-16-21)23-8-5-17-26(23)24(27)19-9-13-20(14-10-19)25-31(28,29)22-6-3-2-4-7-22/h2-4,6-7,9-16,23,25H,5,8,17H2,1H3/t23-/m1/s1. The van der Waals surface area contributed by atoms with Crippen molar-refractivity contribution in [3.63, 3.8) is 0 Å². The number of amides is 1. The van der Waals surface area contributed by atoms with Gasteiger partial charge in [0.05, 0.1) is 18.0 Å². The van der Waals surface area contributed by atoms with E-state index in [2.05, 4.69) is 4.72 Å². The Balaban J connectivity index is 1.48. The van der Waals surface area contributed by atoms with Gasteiger partial charge >= 0.3 is 0 Å². The van der Waals surface area contributed by atoms with Crippen LogP contribution in [-0.2, 0) is 10.0 Å². The van der Waals surface area contributed by atoms with Gasteiger partial charge in [0.15, 0.2) is 0 Å². The van der Waals surface area contributed by atoms with E-state index in [0.717, 1.165) is 24.2 Å². The first-order valence-corrected chi connectivity index (χ1v) is 11.6. The number of benzene rings is 3. The normalized spacial score (nSPS) is 16.2. The fourth-order valence-corrected chi connectivity index (χ4v) is 4.92. The molecule has 6 nitrogen and oxygen atoms in total. The molecule has 0 bridgehead atoms. The number of ether oxygens (including phenoxy) is 1. The second kappa shape index (κ2) is 8.81. The van der Waals surface area contributed by atoms with Crippen molar-refractivity contribution in [3.05, 3.63) is 90.0 Å². The Bertz CT molecular complexity index is 1140. The number of methoxy groups -OCH3 is 1. The van der Waals surface area contributed by atoms with Gasteiger partial charge < -0.3 is 9.64 Å². The van der Waals surface area contributed by atoms with Gasteiger partial charge in [0, 0.05) is 17.8 Å². The van der Waals surface area contributed by atoms with E-state index in [1.807, 2.05) is 29.2 Å². The van der Waals surface area contributed by atoms with E-state index in [9.17, 15) is 13.2 Å². The molecule has 1 heterocycles. The van der Waals surface area contributed by atoms with Gasteiger partial charge in [0.25, 0.3) is 15.9 Å². The fraction of sp³-hybridized carbons (Fsp3) is 0.208. The average Bonchev–Trinajstić information content (AvgIpc) is 3.29. The number of likely N-dealkylation sites (tertiary alicyclic amines) is 1. The minimum absolute atomic E-state index is 0.0228. The van der Waals surface area contributed by atoms with Crippen LogP contribution < -0.4 is 9.46 Å². The Kier molecular flexibility index (Phi) is 5.95. The molecule has 1 N–H and O–H groups in total. The van der Waals surface area contributed by atoms with Crippen LogP contribution in [0.2, 0.25) is 0 Å². The van der Waals surface area contributed by atoms with Crippen molar-refractivity contribution < 1.29 is 17.9 Å². The van der Waals surface area contributed by atoms with E-state index in [1.165, 1.54) is 12.1 Å². The molecule has 160 valence electrons. The number of anilines is 1. The molecule has 31 heavy (non-hydrogen) atoms. The third-order valence-corrected chi connectivity index (χ3v) is 6.85. The van der Waals surface area contributed by atoms with Crippen LogP contribution in [-0.4, -0.2) is 32.9 Å². The van der Waals surface area contributed by atoms with Crippen molar-refractivity contribution in [1.29, 1.82) is 0 Å². The Morgan fingerprint density at radius 2 is 1.65 bits per heavy atom. The first kappa shape index (κ1) is 20.9. The molecule has 1 aliphatic heterocycles. The largest absolute Gasteiger partial charge is 0.497 e. The second-order valence-corrected chi connectivity index (χ2v) is 9.11. The van der Waals surface area contributed by atoms with Gasteiger partial charge in [-0.15, -0.1) is 0 Å². The summed E-state index contributed by atoms with van der Waals surface area (Å²) in [5.41, 5.74) is 2.02. The summed E-state index contributed by atoms with van der Waals surface area (Å²) >= 11 is 0. The van der Waals surface area contributed by atoms with E-state index in [4.69, 9.17) is 4.74 Å². The van der Waals surface area contributed by atoms with E-state index in [-0.39, 0.29) is 16.8 Å². The lowest BCUT2D eigenvalue weighted by Crippen LogP contribution is -2.30. The van der Waals surface area contributed by atoms with E-state index in [0.29, 0.717) is 17.8 Å². The second-order valence-electron chi connectivity index (χ2n) is 7.43. The van der Waals surface area contributed by atoms with Gasteiger partial charge in [0.2, 0.25) is 0 Å². The molecule has 1 saturated heterocycles. The minimum atomic E-state index is -3.67. The van der Waals surface area contributed by atoms with Gasteiger partial charge in [-0.05, 0) is 66.9 Å². The molecule has 0 aromatic heterocycles. The van der Waals surface area contributed by atoms with E-state index >= 15 is 0 Å². The SMILES string of the molecule is COc1ccc([C@H]2CCCN2C(=O)c2ccc(NS(=O)(=O)c3ccccc3)cc2)cc1. The maximum Gasteiger partial charge on any atom is 0.261 e. The summed E-state index contributed by atoms with van der Waals surface area (Å²) < 4.78 is 32.7.